The lowest BCUT2D eigenvalue weighted by molar-refractivity contribution is 0.102. The van der Waals surface area contributed by atoms with Crippen molar-refractivity contribution in [2.75, 3.05) is 12.4 Å². The molecule has 1 amide bonds. The number of hydrogen-bond acceptors (Lipinski definition) is 4. The van der Waals surface area contributed by atoms with Crippen molar-refractivity contribution in [3.05, 3.63) is 45.6 Å². The summed E-state index contributed by atoms with van der Waals surface area (Å²) in [5, 5.41) is 2.80. The molecule has 0 atom stereocenters. The standard InChI is InChI=1S/C17H22N2O3S2/c1-11(2)19(5)24(21,22)15-8-6-14(7-9-15)18-17(20)16-10-12(3)23-13(16)4/h6-11H,1-5H3,(H,18,20). The van der Waals surface area contributed by atoms with Crippen LogP contribution in [0.2, 0.25) is 0 Å². The molecular formula is C17H22N2O3S2. The Balaban J connectivity index is 2.18. The van der Waals surface area contributed by atoms with E-state index in [9.17, 15) is 13.2 Å². The molecule has 0 radical (unpaired) electrons. The van der Waals surface area contributed by atoms with E-state index in [0.717, 1.165) is 9.75 Å². The summed E-state index contributed by atoms with van der Waals surface area (Å²) in [4.78, 5) is 14.5. The van der Waals surface area contributed by atoms with Gasteiger partial charge >= 0.3 is 0 Å². The summed E-state index contributed by atoms with van der Waals surface area (Å²) in [6.45, 7) is 7.50. The topological polar surface area (TPSA) is 66.5 Å². The van der Waals surface area contributed by atoms with Crippen molar-refractivity contribution in [3.63, 3.8) is 0 Å². The van der Waals surface area contributed by atoms with Crippen LogP contribution in [0, 0.1) is 13.8 Å². The summed E-state index contributed by atoms with van der Waals surface area (Å²) < 4.78 is 26.1. The summed E-state index contributed by atoms with van der Waals surface area (Å²) in [7, 11) is -1.96. The molecule has 0 aliphatic carbocycles. The van der Waals surface area contributed by atoms with E-state index in [-0.39, 0.29) is 16.8 Å². The Bertz CT molecular complexity index is 837. The van der Waals surface area contributed by atoms with Crippen LogP contribution in [0.4, 0.5) is 5.69 Å². The van der Waals surface area contributed by atoms with E-state index >= 15 is 0 Å². The fourth-order valence-electron chi connectivity index (χ4n) is 2.21. The van der Waals surface area contributed by atoms with Crippen LogP contribution in [0.15, 0.2) is 35.2 Å². The number of sulfonamides is 1. The van der Waals surface area contributed by atoms with Gasteiger partial charge in [-0.2, -0.15) is 4.31 Å². The summed E-state index contributed by atoms with van der Waals surface area (Å²) >= 11 is 1.57. The van der Waals surface area contributed by atoms with Gasteiger partial charge in [0.05, 0.1) is 10.5 Å². The zero-order valence-corrected chi connectivity index (χ0v) is 16.1. The van der Waals surface area contributed by atoms with Crippen molar-refractivity contribution in [2.24, 2.45) is 0 Å². The normalized spacial score (nSPS) is 12.0. The predicted octanol–water partition coefficient (Wildman–Crippen LogP) is 3.65. The number of benzene rings is 1. The summed E-state index contributed by atoms with van der Waals surface area (Å²) in [5.41, 5.74) is 1.21. The van der Waals surface area contributed by atoms with Gasteiger partial charge in [0, 0.05) is 28.5 Å². The number of thiophene rings is 1. The van der Waals surface area contributed by atoms with Crippen molar-refractivity contribution in [1.82, 2.24) is 4.31 Å². The summed E-state index contributed by atoms with van der Waals surface area (Å²) in [6, 6.07) is 7.96. The van der Waals surface area contributed by atoms with Gasteiger partial charge in [-0.25, -0.2) is 8.42 Å². The van der Waals surface area contributed by atoms with Gasteiger partial charge in [0.2, 0.25) is 10.0 Å². The van der Waals surface area contributed by atoms with Gasteiger partial charge in [-0.05, 0) is 58.0 Å². The third-order valence-electron chi connectivity index (χ3n) is 3.80. The van der Waals surface area contributed by atoms with Crippen LogP contribution in [0.3, 0.4) is 0 Å². The van der Waals surface area contributed by atoms with Gasteiger partial charge in [-0.3, -0.25) is 4.79 Å². The van der Waals surface area contributed by atoms with Crippen molar-refractivity contribution in [2.45, 2.75) is 38.6 Å². The molecule has 0 fully saturated rings. The molecule has 1 aromatic carbocycles. The quantitative estimate of drug-likeness (QED) is 0.878. The highest BCUT2D eigenvalue weighted by atomic mass is 32.2. The average Bonchev–Trinajstić information content (AvgIpc) is 2.85. The first kappa shape index (κ1) is 18.6. The van der Waals surface area contributed by atoms with E-state index in [1.54, 1.807) is 30.5 Å². The average molecular weight is 367 g/mol. The Morgan fingerprint density at radius 2 is 1.75 bits per heavy atom. The third kappa shape index (κ3) is 3.85. The van der Waals surface area contributed by atoms with Crippen LogP contribution in [-0.4, -0.2) is 31.7 Å². The molecule has 0 saturated heterocycles. The minimum atomic E-state index is -3.52. The maximum atomic E-state index is 12.4. The molecule has 5 nitrogen and oxygen atoms in total. The van der Waals surface area contributed by atoms with Crippen LogP contribution in [-0.2, 0) is 10.0 Å². The van der Waals surface area contributed by atoms with Crippen LogP contribution in [0.1, 0.15) is 34.0 Å². The second-order valence-electron chi connectivity index (χ2n) is 5.92. The fourth-order valence-corrected chi connectivity index (χ4v) is 4.50. The van der Waals surface area contributed by atoms with Gasteiger partial charge in [-0.15, -0.1) is 11.3 Å². The van der Waals surface area contributed by atoms with Crippen LogP contribution in [0.5, 0.6) is 0 Å². The van der Waals surface area contributed by atoms with Crippen LogP contribution >= 0.6 is 11.3 Å². The number of hydrogen-bond donors (Lipinski definition) is 1. The van der Waals surface area contributed by atoms with E-state index in [1.807, 2.05) is 33.8 Å². The number of rotatable bonds is 5. The molecular weight excluding hydrogens is 344 g/mol. The number of anilines is 1. The Kier molecular flexibility index (Phi) is 5.47. The summed E-state index contributed by atoms with van der Waals surface area (Å²) in [6.07, 6.45) is 0. The van der Waals surface area contributed by atoms with Crippen LogP contribution in [0.25, 0.3) is 0 Å². The number of carbonyl (C=O) groups excluding carboxylic acids is 1. The zero-order valence-electron chi connectivity index (χ0n) is 14.5. The first-order valence-electron chi connectivity index (χ1n) is 7.59. The summed E-state index contributed by atoms with van der Waals surface area (Å²) in [5.74, 6) is -0.188. The maximum Gasteiger partial charge on any atom is 0.256 e. The molecule has 0 aliphatic heterocycles. The van der Waals surface area contributed by atoms with Gasteiger partial charge in [-0.1, -0.05) is 0 Å². The minimum absolute atomic E-state index is 0.126. The second-order valence-corrected chi connectivity index (χ2v) is 9.38. The van der Waals surface area contributed by atoms with Gasteiger partial charge in [0.1, 0.15) is 0 Å². The molecule has 0 bridgehead atoms. The van der Waals surface area contributed by atoms with Gasteiger partial charge < -0.3 is 5.32 Å². The van der Waals surface area contributed by atoms with Gasteiger partial charge in [0.15, 0.2) is 0 Å². The van der Waals surface area contributed by atoms with Crippen LogP contribution < -0.4 is 5.32 Å². The molecule has 0 unspecified atom stereocenters. The van der Waals surface area contributed by atoms with E-state index in [2.05, 4.69) is 5.32 Å². The smallest absolute Gasteiger partial charge is 0.256 e. The number of nitrogens with one attached hydrogen (secondary N) is 1. The molecule has 24 heavy (non-hydrogen) atoms. The number of aryl methyl sites for hydroxylation is 2. The second kappa shape index (κ2) is 7.04. The molecule has 0 aliphatic rings. The van der Waals surface area contributed by atoms with Crippen molar-refractivity contribution in [1.29, 1.82) is 0 Å². The fraction of sp³-hybridized carbons (Fsp3) is 0.353. The molecule has 1 aromatic heterocycles. The Morgan fingerprint density at radius 1 is 1.17 bits per heavy atom. The first-order chi connectivity index (χ1) is 11.1. The zero-order chi connectivity index (χ0) is 18.1. The molecule has 1 N–H and O–H groups in total. The SMILES string of the molecule is Cc1cc(C(=O)Nc2ccc(S(=O)(=O)N(C)C(C)C)cc2)c(C)s1. The molecule has 2 aromatic rings. The lowest BCUT2D eigenvalue weighted by atomic mass is 10.2. The third-order valence-corrected chi connectivity index (χ3v) is 6.82. The minimum Gasteiger partial charge on any atom is -0.322 e. The Hall–Kier alpha value is -1.70. The molecule has 0 spiro atoms. The maximum absolute atomic E-state index is 12.4. The molecule has 1 heterocycles. The van der Waals surface area contributed by atoms with Crippen molar-refractivity contribution in [3.8, 4) is 0 Å². The molecule has 2 rings (SSSR count). The lowest BCUT2D eigenvalue weighted by Gasteiger charge is -2.21. The largest absolute Gasteiger partial charge is 0.322 e. The highest BCUT2D eigenvalue weighted by Crippen LogP contribution is 2.23. The molecule has 7 heteroatoms. The van der Waals surface area contributed by atoms with Crippen molar-refractivity contribution >= 4 is 33.0 Å². The Labute approximate surface area is 147 Å². The molecule has 0 saturated carbocycles. The predicted molar refractivity (Wildman–Crippen MR) is 98.3 cm³/mol. The lowest BCUT2D eigenvalue weighted by Crippen LogP contribution is -2.33. The molecule has 130 valence electrons. The van der Waals surface area contributed by atoms with Gasteiger partial charge in [0.25, 0.3) is 5.91 Å². The highest BCUT2D eigenvalue weighted by molar-refractivity contribution is 7.89. The van der Waals surface area contributed by atoms with E-state index in [1.165, 1.54) is 16.4 Å². The number of carbonyl (C=O) groups is 1. The highest BCUT2D eigenvalue weighted by Gasteiger charge is 2.23. The van der Waals surface area contributed by atoms with E-state index in [4.69, 9.17) is 0 Å². The monoisotopic (exact) mass is 366 g/mol. The Morgan fingerprint density at radius 3 is 2.21 bits per heavy atom. The van der Waals surface area contributed by atoms with E-state index in [0.29, 0.717) is 11.3 Å². The first-order valence-corrected chi connectivity index (χ1v) is 9.85. The number of amides is 1. The van der Waals surface area contributed by atoms with Crippen molar-refractivity contribution < 1.29 is 13.2 Å². The number of nitrogens with zero attached hydrogens (tertiary/aromatic N) is 1. The van der Waals surface area contributed by atoms with E-state index < -0.39 is 10.0 Å².